The molecule has 2 N–H and O–H groups in total. The Bertz CT molecular complexity index is 1120. The van der Waals surface area contributed by atoms with E-state index in [1.165, 1.54) is 11.3 Å². The Morgan fingerprint density at radius 1 is 1.19 bits per heavy atom. The van der Waals surface area contributed by atoms with E-state index in [0.717, 1.165) is 39.2 Å². The molecule has 2 bridgehead atoms. The van der Waals surface area contributed by atoms with Gasteiger partial charge in [-0.1, -0.05) is 23.5 Å². The van der Waals surface area contributed by atoms with Gasteiger partial charge in [0.25, 0.3) is 6.43 Å². The van der Waals surface area contributed by atoms with Crippen LogP contribution >= 0.6 is 11.3 Å². The zero-order valence-corrected chi connectivity index (χ0v) is 18.4. The maximum Gasteiger partial charge on any atom is 0.323 e. The van der Waals surface area contributed by atoms with Crippen molar-refractivity contribution in [3.8, 4) is 10.6 Å². The van der Waals surface area contributed by atoms with Crippen molar-refractivity contribution in [1.29, 1.82) is 0 Å². The number of hydrogen-bond acceptors (Lipinski definition) is 6. The van der Waals surface area contributed by atoms with Crippen LogP contribution in [0.3, 0.4) is 0 Å². The summed E-state index contributed by atoms with van der Waals surface area (Å²) < 4.78 is 25.1. The van der Waals surface area contributed by atoms with Crippen LogP contribution in [0.15, 0.2) is 30.5 Å². The third kappa shape index (κ3) is 4.29. The molecule has 168 valence electrons. The van der Waals surface area contributed by atoms with E-state index in [4.69, 9.17) is 0 Å². The molecule has 2 fully saturated rings. The number of halogens is 2. The number of carbonyl (C=O) groups excluding carboxylic acids is 1. The monoisotopic (exact) mass is 458 g/mol. The fourth-order valence-corrected chi connectivity index (χ4v) is 5.55. The molecule has 0 radical (unpaired) electrons. The number of benzene rings is 1. The minimum atomic E-state index is -2.36. The number of amides is 2. The predicted molar refractivity (Wildman–Crippen MR) is 120 cm³/mol. The van der Waals surface area contributed by atoms with Gasteiger partial charge in [-0.25, -0.2) is 18.6 Å². The van der Waals surface area contributed by atoms with E-state index in [1.54, 1.807) is 6.20 Å². The Labute approximate surface area is 188 Å². The van der Waals surface area contributed by atoms with E-state index < -0.39 is 6.43 Å². The highest BCUT2D eigenvalue weighted by molar-refractivity contribution is 7.14. The van der Waals surface area contributed by atoms with E-state index in [-0.39, 0.29) is 30.7 Å². The van der Waals surface area contributed by atoms with Crippen molar-refractivity contribution in [2.24, 2.45) is 0 Å². The molecule has 2 amide bonds. The number of pyridine rings is 1. The van der Waals surface area contributed by atoms with Gasteiger partial charge in [0.05, 0.1) is 6.54 Å². The van der Waals surface area contributed by atoms with Crippen molar-refractivity contribution >= 4 is 34.0 Å². The summed E-state index contributed by atoms with van der Waals surface area (Å²) in [6.45, 7) is 1.63. The smallest absolute Gasteiger partial charge is 0.318 e. The molecular weight excluding hydrogens is 434 g/mol. The SMILES string of the molecule is Cc1nnc(-c2ccc3cnc(NC(=O)N4C5CC[C@H]4C[C@@H](NCC(F)F)C5)cc3c2)s1. The van der Waals surface area contributed by atoms with Crippen molar-refractivity contribution < 1.29 is 13.6 Å². The third-order valence-corrected chi connectivity index (χ3v) is 7.15. The number of nitrogens with one attached hydrogen (secondary N) is 2. The molecule has 3 atom stereocenters. The summed E-state index contributed by atoms with van der Waals surface area (Å²) in [6, 6.07) is 7.86. The number of piperidine rings is 1. The normalized spacial score (nSPS) is 22.6. The first kappa shape index (κ1) is 21.1. The lowest BCUT2D eigenvalue weighted by molar-refractivity contribution is 0.115. The van der Waals surface area contributed by atoms with Crippen LogP contribution in [0.5, 0.6) is 0 Å². The molecule has 7 nitrogen and oxygen atoms in total. The van der Waals surface area contributed by atoms with Gasteiger partial charge in [-0.3, -0.25) is 5.32 Å². The minimum Gasteiger partial charge on any atom is -0.318 e. The predicted octanol–water partition coefficient (Wildman–Crippen LogP) is 4.44. The van der Waals surface area contributed by atoms with Gasteiger partial charge in [0.2, 0.25) is 0 Å². The second-order valence-electron chi connectivity index (χ2n) is 8.45. The Kier molecular flexibility index (Phi) is 5.73. The second kappa shape index (κ2) is 8.67. The van der Waals surface area contributed by atoms with Gasteiger partial charge < -0.3 is 10.2 Å². The van der Waals surface area contributed by atoms with Crippen LogP contribution in [0.1, 0.15) is 30.7 Å². The number of rotatable bonds is 5. The minimum absolute atomic E-state index is 0.0340. The average Bonchev–Trinajstić information content (AvgIpc) is 3.32. The van der Waals surface area contributed by atoms with Gasteiger partial charge in [0.1, 0.15) is 15.8 Å². The molecule has 3 aromatic rings. The number of nitrogens with zero attached hydrogens (tertiary/aromatic N) is 4. The van der Waals surface area contributed by atoms with E-state index in [2.05, 4.69) is 25.8 Å². The van der Waals surface area contributed by atoms with Crippen LogP contribution in [0.4, 0.5) is 19.4 Å². The third-order valence-electron chi connectivity index (χ3n) is 6.26. The van der Waals surface area contributed by atoms with Gasteiger partial charge >= 0.3 is 6.03 Å². The fourth-order valence-electron chi connectivity index (χ4n) is 4.86. The van der Waals surface area contributed by atoms with Crippen LogP contribution in [0.2, 0.25) is 0 Å². The highest BCUT2D eigenvalue weighted by atomic mass is 32.1. The molecule has 1 unspecified atom stereocenters. The molecule has 10 heteroatoms. The molecule has 5 rings (SSSR count). The summed E-state index contributed by atoms with van der Waals surface area (Å²) in [5.74, 6) is 0.491. The summed E-state index contributed by atoms with van der Waals surface area (Å²) in [5.41, 5.74) is 0.975. The standard InChI is InChI=1S/C22H24F2N6OS/c1-12-28-29-21(32-12)13-2-3-14-10-26-20(7-15(14)6-13)27-22(31)30-17-4-5-18(30)9-16(8-17)25-11-19(23)24/h2-3,6-7,10,16-19,25H,4-5,8-9,11H2,1H3,(H,26,27,31)/t16-,17+,18?/m1/s1. The highest BCUT2D eigenvalue weighted by Crippen LogP contribution is 2.36. The maximum atomic E-state index is 13.0. The summed E-state index contributed by atoms with van der Waals surface area (Å²) >= 11 is 1.53. The largest absolute Gasteiger partial charge is 0.323 e. The Hall–Kier alpha value is -2.72. The zero-order chi connectivity index (χ0) is 22.2. The van der Waals surface area contributed by atoms with Crippen molar-refractivity contribution in [3.63, 3.8) is 0 Å². The number of aryl methyl sites for hydroxylation is 1. The molecule has 1 aromatic carbocycles. The van der Waals surface area contributed by atoms with Crippen molar-refractivity contribution in [1.82, 2.24) is 25.4 Å². The molecular formula is C22H24F2N6OS. The topological polar surface area (TPSA) is 83.0 Å². The van der Waals surface area contributed by atoms with E-state index in [0.29, 0.717) is 18.7 Å². The highest BCUT2D eigenvalue weighted by Gasteiger charge is 2.43. The van der Waals surface area contributed by atoms with Crippen LogP contribution in [-0.2, 0) is 0 Å². The van der Waals surface area contributed by atoms with Crippen molar-refractivity contribution in [3.05, 3.63) is 35.5 Å². The van der Waals surface area contributed by atoms with Crippen molar-refractivity contribution in [2.45, 2.75) is 57.2 Å². The number of hydrogen-bond donors (Lipinski definition) is 2. The average molecular weight is 459 g/mol. The van der Waals surface area contributed by atoms with Crippen LogP contribution < -0.4 is 10.6 Å². The zero-order valence-electron chi connectivity index (χ0n) is 17.6. The summed E-state index contributed by atoms with van der Waals surface area (Å²) in [4.78, 5) is 19.3. The molecule has 2 aliphatic heterocycles. The number of fused-ring (bicyclic) bond motifs is 3. The van der Waals surface area contributed by atoms with E-state index in [1.807, 2.05) is 36.1 Å². The Morgan fingerprint density at radius 2 is 1.97 bits per heavy atom. The van der Waals surface area contributed by atoms with Crippen molar-refractivity contribution in [2.75, 3.05) is 11.9 Å². The van der Waals surface area contributed by atoms with Crippen LogP contribution in [-0.4, -0.2) is 57.2 Å². The first-order valence-electron chi connectivity index (χ1n) is 10.8. The van der Waals surface area contributed by atoms with Gasteiger partial charge in [-0.05, 0) is 50.1 Å². The van der Waals surface area contributed by atoms with Gasteiger partial charge in [-0.15, -0.1) is 10.2 Å². The van der Waals surface area contributed by atoms with Gasteiger partial charge in [0, 0.05) is 35.3 Å². The number of aromatic nitrogens is 3. The lowest BCUT2D eigenvalue weighted by atomic mass is 9.97. The summed E-state index contributed by atoms with van der Waals surface area (Å²) in [7, 11) is 0. The lowest BCUT2D eigenvalue weighted by Gasteiger charge is -2.39. The molecule has 4 heterocycles. The quantitative estimate of drug-likeness (QED) is 0.591. The molecule has 0 spiro atoms. The Morgan fingerprint density at radius 3 is 2.66 bits per heavy atom. The molecule has 0 aliphatic carbocycles. The summed E-state index contributed by atoms with van der Waals surface area (Å²) in [6.07, 6.45) is 2.60. The van der Waals surface area contributed by atoms with Gasteiger partial charge in [-0.2, -0.15) is 0 Å². The summed E-state index contributed by atoms with van der Waals surface area (Å²) in [5, 5.41) is 17.9. The number of anilines is 1. The van der Waals surface area contributed by atoms with E-state index in [9.17, 15) is 13.6 Å². The molecule has 32 heavy (non-hydrogen) atoms. The van der Waals surface area contributed by atoms with Gasteiger partial charge in [0.15, 0.2) is 0 Å². The van der Waals surface area contributed by atoms with Crippen LogP contribution in [0.25, 0.3) is 21.3 Å². The first-order chi connectivity index (χ1) is 15.5. The Balaban J connectivity index is 1.29. The number of urea groups is 1. The second-order valence-corrected chi connectivity index (χ2v) is 9.63. The molecule has 0 saturated carbocycles. The lowest BCUT2D eigenvalue weighted by Crippen LogP contribution is -2.53. The van der Waals surface area contributed by atoms with Crippen LogP contribution in [0, 0.1) is 6.92 Å². The molecule has 2 aliphatic rings. The fraction of sp³-hybridized carbons (Fsp3) is 0.455. The molecule has 2 saturated heterocycles. The number of carbonyl (C=O) groups is 1. The first-order valence-corrected chi connectivity index (χ1v) is 11.6. The number of alkyl halides is 2. The van der Waals surface area contributed by atoms with E-state index >= 15 is 0 Å². The molecule has 2 aromatic heterocycles. The maximum absolute atomic E-state index is 13.0.